The van der Waals surface area contributed by atoms with E-state index in [9.17, 15) is 18.3 Å². The summed E-state index contributed by atoms with van der Waals surface area (Å²) in [5.41, 5.74) is 0.136. The molecule has 5 nitrogen and oxygen atoms in total. The van der Waals surface area contributed by atoms with E-state index in [4.69, 9.17) is 5.11 Å². The average Bonchev–Trinajstić information content (AvgIpc) is 2.15. The maximum absolute atomic E-state index is 11.6. The van der Waals surface area contributed by atoms with Crippen molar-refractivity contribution in [3.63, 3.8) is 0 Å². The third-order valence-corrected chi connectivity index (χ3v) is 4.55. The van der Waals surface area contributed by atoms with Gasteiger partial charge in [-0.15, -0.1) is 0 Å². The monoisotopic (exact) mass is 258 g/mol. The van der Waals surface area contributed by atoms with Crippen LogP contribution < -0.4 is 0 Å². The van der Waals surface area contributed by atoms with E-state index in [1.54, 1.807) is 13.8 Å². The Hall–Kier alpha value is -1.56. The minimum atomic E-state index is -3.26. The number of aromatic carboxylic acids is 1. The first kappa shape index (κ1) is 13.5. The normalized spacial score (nSPS) is 11.7. The van der Waals surface area contributed by atoms with Crippen molar-refractivity contribution in [2.75, 3.05) is 0 Å². The molecular weight excluding hydrogens is 244 g/mol. The Morgan fingerprint density at radius 1 is 1.35 bits per heavy atom. The lowest BCUT2D eigenvalue weighted by atomic mass is 10.1. The number of phenols is 1. The zero-order valence-corrected chi connectivity index (χ0v) is 10.4. The van der Waals surface area contributed by atoms with Crippen LogP contribution in [-0.4, -0.2) is 29.9 Å². The first-order valence-corrected chi connectivity index (χ1v) is 6.72. The predicted octanol–water partition coefficient (Wildman–Crippen LogP) is 1.41. The van der Waals surface area contributed by atoms with E-state index in [1.807, 2.05) is 0 Å². The van der Waals surface area contributed by atoms with Crippen LogP contribution in [0.5, 0.6) is 5.75 Å². The van der Waals surface area contributed by atoms with Gasteiger partial charge in [0.2, 0.25) is 0 Å². The summed E-state index contributed by atoms with van der Waals surface area (Å²) in [5, 5.41) is 17.6. The Labute approximate surface area is 99.6 Å². The van der Waals surface area contributed by atoms with Crippen LogP contribution in [0.4, 0.5) is 0 Å². The molecule has 0 fully saturated rings. The summed E-state index contributed by atoms with van der Waals surface area (Å²) >= 11 is 0. The van der Waals surface area contributed by atoms with Crippen molar-refractivity contribution < 1.29 is 23.4 Å². The quantitative estimate of drug-likeness (QED) is 0.852. The number of carbonyl (C=O) groups is 1. The van der Waals surface area contributed by atoms with Gasteiger partial charge in [0.1, 0.15) is 11.3 Å². The topological polar surface area (TPSA) is 91.7 Å². The van der Waals surface area contributed by atoms with Crippen LogP contribution in [0.3, 0.4) is 0 Å². The third kappa shape index (κ3) is 3.20. The number of aromatic hydroxyl groups is 1. The summed E-state index contributed by atoms with van der Waals surface area (Å²) < 4.78 is 23.3. The zero-order chi connectivity index (χ0) is 13.2. The Kier molecular flexibility index (Phi) is 3.77. The smallest absolute Gasteiger partial charge is 0.339 e. The van der Waals surface area contributed by atoms with Gasteiger partial charge in [-0.1, -0.05) is 6.07 Å². The highest BCUT2D eigenvalue weighted by Crippen LogP contribution is 2.21. The molecule has 2 N–H and O–H groups in total. The summed E-state index contributed by atoms with van der Waals surface area (Å²) in [6.45, 7) is 3.14. The first-order valence-electron chi connectivity index (χ1n) is 5.01. The highest BCUT2D eigenvalue weighted by atomic mass is 32.2. The standard InChI is InChI=1S/C11H14O5S/c1-7(2)17(15,16)6-8-3-4-9(11(13)14)10(12)5-8/h3-5,7,12H,6H2,1-2H3,(H,13,14). The Morgan fingerprint density at radius 2 is 1.94 bits per heavy atom. The van der Waals surface area contributed by atoms with Gasteiger partial charge in [-0.25, -0.2) is 13.2 Å². The van der Waals surface area contributed by atoms with Gasteiger partial charge in [0, 0.05) is 0 Å². The lowest BCUT2D eigenvalue weighted by Gasteiger charge is -2.08. The van der Waals surface area contributed by atoms with Crippen molar-refractivity contribution >= 4 is 15.8 Å². The molecule has 94 valence electrons. The molecule has 0 bridgehead atoms. The number of carboxylic acid groups (broad SMARTS) is 1. The first-order chi connectivity index (χ1) is 7.74. The highest BCUT2D eigenvalue weighted by molar-refractivity contribution is 7.91. The molecule has 0 aliphatic carbocycles. The van der Waals surface area contributed by atoms with Crippen molar-refractivity contribution in [2.45, 2.75) is 24.9 Å². The molecule has 17 heavy (non-hydrogen) atoms. The van der Waals surface area contributed by atoms with E-state index >= 15 is 0 Å². The lowest BCUT2D eigenvalue weighted by Crippen LogP contribution is -2.16. The fourth-order valence-electron chi connectivity index (χ4n) is 1.25. The van der Waals surface area contributed by atoms with E-state index in [-0.39, 0.29) is 11.3 Å². The number of rotatable bonds is 4. The van der Waals surface area contributed by atoms with E-state index in [1.165, 1.54) is 18.2 Å². The van der Waals surface area contributed by atoms with Crippen LogP contribution in [-0.2, 0) is 15.6 Å². The van der Waals surface area contributed by atoms with Crippen molar-refractivity contribution in [1.82, 2.24) is 0 Å². The van der Waals surface area contributed by atoms with Gasteiger partial charge in [-0.3, -0.25) is 0 Å². The van der Waals surface area contributed by atoms with Gasteiger partial charge >= 0.3 is 5.97 Å². The maximum Gasteiger partial charge on any atom is 0.339 e. The molecule has 0 saturated carbocycles. The molecule has 0 aliphatic rings. The van der Waals surface area contributed by atoms with Crippen LogP contribution in [0.1, 0.15) is 29.8 Å². The molecule has 0 spiro atoms. The number of sulfone groups is 1. The Bertz CT molecular complexity index is 531. The molecule has 6 heteroatoms. The average molecular weight is 258 g/mol. The van der Waals surface area contributed by atoms with Gasteiger partial charge in [-0.2, -0.15) is 0 Å². The van der Waals surface area contributed by atoms with Crippen LogP contribution in [0.25, 0.3) is 0 Å². The second-order valence-corrected chi connectivity index (χ2v) is 6.57. The molecule has 0 amide bonds. The summed E-state index contributed by atoms with van der Waals surface area (Å²) in [6, 6.07) is 3.76. The third-order valence-electron chi connectivity index (χ3n) is 2.38. The second-order valence-electron chi connectivity index (χ2n) is 4.01. The molecule has 0 heterocycles. The molecule has 0 aliphatic heterocycles. The van der Waals surface area contributed by atoms with Crippen LogP contribution in [0.15, 0.2) is 18.2 Å². The molecule has 0 radical (unpaired) electrons. The van der Waals surface area contributed by atoms with Gasteiger partial charge in [0.05, 0.1) is 11.0 Å². The fraction of sp³-hybridized carbons (Fsp3) is 0.364. The predicted molar refractivity (Wildman–Crippen MR) is 62.8 cm³/mol. The van der Waals surface area contributed by atoms with Gasteiger partial charge in [0.15, 0.2) is 9.84 Å². The molecule has 0 aromatic heterocycles. The minimum Gasteiger partial charge on any atom is -0.507 e. The van der Waals surface area contributed by atoms with Crippen molar-refractivity contribution in [1.29, 1.82) is 0 Å². The second kappa shape index (κ2) is 4.75. The molecule has 0 unspecified atom stereocenters. The van der Waals surface area contributed by atoms with Gasteiger partial charge in [-0.05, 0) is 31.5 Å². The number of hydrogen-bond donors (Lipinski definition) is 2. The van der Waals surface area contributed by atoms with Crippen LogP contribution >= 0.6 is 0 Å². The summed E-state index contributed by atoms with van der Waals surface area (Å²) in [4.78, 5) is 10.6. The van der Waals surface area contributed by atoms with E-state index in [0.29, 0.717) is 5.56 Å². The van der Waals surface area contributed by atoms with E-state index in [0.717, 1.165) is 0 Å². The molecule has 0 atom stereocenters. The van der Waals surface area contributed by atoms with Crippen molar-refractivity contribution in [3.8, 4) is 5.75 Å². The molecule has 1 aromatic rings. The van der Waals surface area contributed by atoms with Crippen LogP contribution in [0.2, 0.25) is 0 Å². The summed E-state index contributed by atoms with van der Waals surface area (Å²) in [7, 11) is -3.26. The highest BCUT2D eigenvalue weighted by Gasteiger charge is 2.18. The van der Waals surface area contributed by atoms with Crippen molar-refractivity contribution in [2.24, 2.45) is 0 Å². The SMILES string of the molecule is CC(C)S(=O)(=O)Cc1ccc(C(=O)O)c(O)c1. The fourth-order valence-corrected chi connectivity index (χ4v) is 2.22. The Balaban J connectivity index is 3.04. The number of hydrogen-bond acceptors (Lipinski definition) is 4. The lowest BCUT2D eigenvalue weighted by molar-refractivity contribution is 0.0693. The largest absolute Gasteiger partial charge is 0.507 e. The van der Waals surface area contributed by atoms with Crippen molar-refractivity contribution in [3.05, 3.63) is 29.3 Å². The van der Waals surface area contributed by atoms with E-state index < -0.39 is 26.8 Å². The number of benzene rings is 1. The van der Waals surface area contributed by atoms with Gasteiger partial charge in [0.25, 0.3) is 0 Å². The maximum atomic E-state index is 11.6. The van der Waals surface area contributed by atoms with Gasteiger partial charge < -0.3 is 10.2 Å². The summed E-state index contributed by atoms with van der Waals surface area (Å²) in [6.07, 6.45) is 0. The minimum absolute atomic E-state index is 0.210. The molecular formula is C11H14O5S. The summed E-state index contributed by atoms with van der Waals surface area (Å²) in [5.74, 6) is -1.88. The zero-order valence-electron chi connectivity index (χ0n) is 9.54. The molecule has 0 saturated heterocycles. The van der Waals surface area contributed by atoms with Crippen LogP contribution in [0, 0.1) is 0 Å². The Morgan fingerprint density at radius 3 is 2.35 bits per heavy atom. The molecule has 1 aromatic carbocycles. The number of carboxylic acids is 1. The molecule has 1 rings (SSSR count). The van der Waals surface area contributed by atoms with E-state index in [2.05, 4.69) is 0 Å².